The van der Waals surface area contributed by atoms with Crippen LogP contribution in [-0.2, 0) is 11.3 Å². The van der Waals surface area contributed by atoms with E-state index in [4.69, 9.17) is 4.74 Å². The number of aliphatic hydroxyl groups excluding tert-OH is 1. The highest BCUT2D eigenvalue weighted by Crippen LogP contribution is 2.07. The molecule has 1 aromatic rings. The summed E-state index contributed by atoms with van der Waals surface area (Å²) in [5.41, 5.74) is 1.14. The van der Waals surface area contributed by atoms with Crippen molar-refractivity contribution in [2.45, 2.75) is 52.5 Å². The molecule has 1 N–H and O–H groups in total. The van der Waals surface area contributed by atoms with Crippen molar-refractivity contribution in [1.82, 2.24) is 4.90 Å². The topological polar surface area (TPSA) is 32.7 Å². The molecule has 0 aliphatic carbocycles. The fraction of sp³-hybridized carbons (Fsp3) is 0.625. The van der Waals surface area contributed by atoms with Crippen molar-refractivity contribution in [3.05, 3.63) is 35.9 Å². The Hall–Kier alpha value is -0.900. The summed E-state index contributed by atoms with van der Waals surface area (Å²) in [5, 5.41) is 10.0. The van der Waals surface area contributed by atoms with E-state index in [1.54, 1.807) is 0 Å². The van der Waals surface area contributed by atoms with Gasteiger partial charge in [-0.3, -0.25) is 4.90 Å². The molecule has 0 saturated heterocycles. The van der Waals surface area contributed by atoms with Crippen LogP contribution in [0.1, 0.15) is 33.3 Å². The van der Waals surface area contributed by atoms with Crippen LogP contribution in [0.15, 0.2) is 30.3 Å². The molecule has 1 atom stereocenters. The van der Waals surface area contributed by atoms with Crippen LogP contribution in [0, 0.1) is 0 Å². The first kappa shape index (κ1) is 16.2. The highest BCUT2D eigenvalue weighted by atomic mass is 16.5. The Balaban J connectivity index is 2.29. The number of benzene rings is 1. The molecular formula is C16H27NO2. The fourth-order valence-electron chi connectivity index (χ4n) is 2.20. The number of nitrogens with zero attached hydrogens (tertiary/aromatic N) is 1. The average molecular weight is 265 g/mol. The second-order valence-electron chi connectivity index (χ2n) is 5.54. The molecule has 1 unspecified atom stereocenters. The maximum absolute atomic E-state index is 10.0. The van der Waals surface area contributed by atoms with Gasteiger partial charge in [-0.15, -0.1) is 0 Å². The fourth-order valence-corrected chi connectivity index (χ4v) is 2.20. The molecule has 0 amide bonds. The van der Waals surface area contributed by atoms with Crippen molar-refractivity contribution in [3.63, 3.8) is 0 Å². The standard InChI is InChI=1S/C16H27NO2/c1-13(2)17(14(3)4)10-16(18)12-19-11-15-8-6-5-7-9-15/h5-9,13-14,16,18H,10-12H2,1-4H3. The number of rotatable bonds is 8. The summed E-state index contributed by atoms with van der Waals surface area (Å²) >= 11 is 0. The van der Waals surface area contributed by atoms with Crippen molar-refractivity contribution in [2.75, 3.05) is 13.2 Å². The van der Waals surface area contributed by atoms with Gasteiger partial charge in [0.2, 0.25) is 0 Å². The minimum absolute atomic E-state index is 0.380. The van der Waals surface area contributed by atoms with Gasteiger partial charge in [0.25, 0.3) is 0 Å². The molecule has 0 radical (unpaired) electrons. The van der Waals surface area contributed by atoms with E-state index in [2.05, 4.69) is 32.6 Å². The SMILES string of the molecule is CC(C)N(CC(O)COCc1ccccc1)C(C)C. The van der Waals surface area contributed by atoms with E-state index in [1.165, 1.54) is 0 Å². The lowest BCUT2D eigenvalue weighted by Gasteiger charge is -2.32. The number of hydrogen-bond donors (Lipinski definition) is 1. The molecule has 0 bridgehead atoms. The van der Waals surface area contributed by atoms with Gasteiger partial charge in [-0.05, 0) is 33.3 Å². The average Bonchev–Trinajstić information content (AvgIpc) is 2.36. The molecule has 19 heavy (non-hydrogen) atoms. The molecule has 0 fully saturated rings. The van der Waals surface area contributed by atoms with Crippen LogP contribution in [0.3, 0.4) is 0 Å². The lowest BCUT2D eigenvalue weighted by Crippen LogP contribution is -2.43. The molecule has 108 valence electrons. The normalized spacial score (nSPS) is 13.5. The Labute approximate surface area is 117 Å². The predicted octanol–water partition coefficient (Wildman–Crippen LogP) is 2.68. The Morgan fingerprint density at radius 2 is 1.63 bits per heavy atom. The summed E-state index contributed by atoms with van der Waals surface area (Å²) in [6.45, 7) is 10.2. The molecule has 0 aliphatic rings. The molecule has 1 rings (SSSR count). The van der Waals surface area contributed by atoms with Crippen molar-refractivity contribution in [3.8, 4) is 0 Å². The van der Waals surface area contributed by atoms with Gasteiger partial charge in [-0.1, -0.05) is 30.3 Å². The van der Waals surface area contributed by atoms with E-state index in [0.29, 0.717) is 31.8 Å². The van der Waals surface area contributed by atoms with Gasteiger partial charge < -0.3 is 9.84 Å². The lowest BCUT2D eigenvalue weighted by atomic mass is 10.2. The van der Waals surface area contributed by atoms with E-state index in [9.17, 15) is 5.11 Å². The second-order valence-corrected chi connectivity index (χ2v) is 5.54. The van der Waals surface area contributed by atoms with Crippen LogP contribution in [0.5, 0.6) is 0 Å². The van der Waals surface area contributed by atoms with E-state index < -0.39 is 6.10 Å². The van der Waals surface area contributed by atoms with Crippen LogP contribution in [0.25, 0.3) is 0 Å². The zero-order chi connectivity index (χ0) is 14.3. The van der Waals surface area contributed by atoms with Gasteiger partial charge in [0.1, 0.15) is 0 Å². The Morgan fingerprint density at radius 1 is 1.05 bits per heavy atom. The van der Waals surface area contributed by atoms with Gasteiger partial charge in [0.05, 0.1) is 19.3 Å². The Morgan fingerprint density at radius 3 is 2.16 bits per heavy atom. The van der Waals surface area contributed by atoms with E-state index in [-0.39, 0.29) is 0 Å². The van der Waals surface area contributed by atoms with Gasteiger partial charge in [-0.25, -0.2) is 0 Å². The molecule has 0 aromatic heterocycles. The largest absolute Gasteiger partial charge is 0.389 e. The number of hydrogen-bond acceptors (Lipinski definition) is 3. The van der Waals surface area contributed by atoms with Crippen LogP contribution in [0.4, 0.5) is 0 Å². The molecule has 3 heteroatoms. The Bertz CT molecular complexity index is 330. The predicted molar refractivity (Wildman–Crippen MR) is 79.1 cm³/mol. The second kappa shape index (κ2) is 8.31. The van der Waals surface area contributed by atoms with Crippen LogP contribution < -0.4 is 0 Å². The third kappa shape index (κ3) is 6.19. The highest BCUT2D eigenvalue weighted by Gasteiger charge is 2.17. The summed E-state index contributed by atoms with van der Waals surface area (Å²) in [6.07, 6.45) is -0.437. The van der Waals surface area contributed by atoms with Gasteiger partial charge in [0.15, 0.2) is 0 Å². The minimum Gasteiger partial charge on any atom is -0.389 e. The first-order chi connectivity index (χ1) is 9.00. The molecule has 0 aliphatic heterocycles. The van der Waals surface area contributed by atoms with Gasteiger partial charge in [0, 0.05) is 18.6 Å². The highest BCUT2D eigenvalue weighted by molar-refractivity contribution is 5.13. The smallest absolute Gasteiger partial charge is 0.0900 e. The first-order valence-electron chi connectivity index (χ1n) is 7.06. The van der Waals surface area contributed by atoms with E-state index in [1.807, 2.05) is 30.3 Å². The van der Waals surface area contributed by atoms with Gasteiger partial charge >= 0.3 is 0 Å². The van der Waals surface area contributed by atoms with Crippen molar-refractivity contribution in [2.24, 2.45) is 0 Å². The van der Waals surface area contributed by atoms with E-state index >= 15 is 0 Å². The minimum atomic E-state index is -0.437. The third-order valence-electron chi connectivity index (χ3n) is 3.17. The van der Waals surface area contributed by atoms with Gasteiger partial charge in [-0.2, -0.15) is 0 Å². The molecule has 3 nitrogen and oxygen atoms in total. The molecule has 0 saturated carbocycles. The van der Waals surface area contributed by atoms with Crippen LogP contribution in [-0.4, -0.2) is 41.3 Å². The molecular weight excluding hydrogens is 238 g/mol. The summed E-state index contributed by atoms with van der Waals surface area (Å²) in [7, 11) is 0. The number of aliphatic hydroxyl groups is 1. The van der Waals surface area contributed by atoms with Crippen molar-refractivity contribution in [1.29, 1.82) is 0 Å². The van der Waals surface area contributed by atoms with E-state index in [0.717, 1.165) is 5.56 Å². The Kier molecular flexibility index (Phi) is 7.06. The molecule has 1 aromatic carbocycles. The maximum atomic E-state index is 10.0. The van der Waals surface area contributed by atoms with Crippen LogP contribution in [0.2, 0.25) is 0 Å². The zero-order valence-corrected chi connectivity index (χ0v) is 12.5. The molecule has 0 spiro atoms. The molecule has 0 heterocycles. The van der Waals surface area contributed by atoms with Crippen molar-refractivity contribution < 1.29 is 9.84 Å². The summed E-state index contributed by atoms with van der Waals surface area (Å²) in [6, 6.07) is 10.9. The lowest BCUT2D eigenvalue weighted by molar-refractivity contribution is -0.00157. The summed E-state index contributed by atoms with van der Waals surface area (Å²) < 4.78 is 5.57. The maximum Gasteiger partial charge on any atom is 0.0900 e. The first-order valence-corrected chi connectivity index (χ1v) is 7.06. The number of ether oxygens (including phenoxy) is 1. The summed E-state index contributed by atoms with van der Waals surface area (Å²) in [4.78, 5) is 2.27. The summed E-state index contributed by atoms with van der Waals surface area (Å²) in [5.74, 6) is 0. The zero-order valence-electron chi connectivity index (χ0n) is 12.5. The van der Waals surface area contributed by atoms with Crippen LogP contribution >= 0.6 is 0 Å². The third-order valence-corrected chi connectivity index (χ3v) is 3.17. The monoisotopic (exact) mass is 265 g/mol. The quantitative estimate of drug-likeness (QED) is 0.784. The van der Waals surface area contributed by atoms with Crippen molar-refractivity contribution >= 4 is 0 Å².